The van der Waals surface area contributed by atoms with Crippen LogP contribution < -0.4 is 5.48 Å². The molecule has 0 spiro atoms. The molecule has 1 saturated heterocycles. The number of hydrogen-bond acceptors (Lipinski definition) is 4. The van der Waals surface area contributed by atoms with E-state index in [1.165, 1.54) is 0 Å². The lowest BCUT2D eigenvalue weighted by Gasteiger charge is -2.37. The molecule has 0 bridgehead atoms. The Morgan fingerprint density at radius 2 is 2.18 bits per heavy atom. The SMILES string of the molecule is CC1(NOP(=O)(O)O)COC1. The van der Waals surface area contributed by atoms with E-state index in [1.54, 1.807) is 6.92 Å². The second-order valence-corrected chi connectivity index (χ2v) is 3.90. The Balaban J connectivity index is 2.27. The minimum Gasteiger partial charge on any atom is -0.377 e. The van der Waals surface area contributed by atoms with Crippen LogP contribution in [0.1, 0.15) is 6.92 Å². The fourth-order valence-electron chi connectivity index (χ4n) is 0.637. The van der Waals surface area contributed by atoms with Gasteiger partial charge in [-0.1, -0.05) is 0 Å². The highest BCUT2D eigenvalue weighted by atomic mass is 31.2. The van der Waals surface area contributed by atoms with Crippen LogP contribution in [0.3, 0.4) is 0 Å². The van der Waals surface area contributed by atoms with E-state index in [1.807, 2.05) is 0 Å². The van der Waals surface area contributed by atoms with E-state index >= 15 is 0 Å². The molecule has 1 fully saturated rings. The number of hydrogen-bond donors (Lipinski definition) is 3. The van der Waals surface area contributed by atoms with Crippen LogP contribution in [0.25, 0.3) is 0 Å². The van der Waals surface area contributed by atoms with Crippen LogP contribution in [0.4, 0.5) is 0 Å². The molecule has 1 rings (SSSR count). The molecule has 0 radical (unpaired) electrons. The summed E-state index contributed by atoms with van der Waals surface area (Å²) in [6.07, 6.45) is 0. The van der Waals surface area contributed by atoms with Crippen LogP contribution in [-0.4, -0.2) is 28.5 Å². The molecule has 0 aromatic carbocycles. The van der Waals surface area contributed by atoms with Crippen LogP contribution in [0.15, 0.2) is 0 Å². The number of hydroxylamine groups is 1. The van der Waals surface area contributed by atoms with Gasteiger partial charge < -0.3 is 14.5 Å². The van der Waals surface area contributed by atoms with E-state index in [2.05, 4.69) is 10.1 Å². The van der Waals surface area contributed by atoms with Crippen molar-refractivity contribution >= 4 is 7.82 Å². The maximum atomic E-state index is 10.2. The van der Waals surface area contributed by atoms with Gasteiger partial charge in [0.25, 0.3) is 0 Å². The van der Waals surface area contributed by atoms with E-state index in [4.69, 9.17) is 14.5 Å². The summed E-state index contributed by atoms with van der Waals surface area (Å²) >= 11 is 0. The highest BCUT2D eigenvalue weighted by molar-refractivity contribution is 7.46. The molecule has 0 aliphatic carbocycles. The van der Waals surface area contributed by atoms with Gasteiger partial charge in [0.15, 0.2) is 0 Å². The minimum absolute atomic E-state index is 0.396. The Hall–Kier alpha value is 0.0300. The molecule has 0 saturated carbocycles. The van der Waals surface area contributed by atoms with Gasteiger partial charge >= 0.3 is 7.82 Å². The molecule has 7 heteroatoms. The van der Waals surface area contributed by atoms with Crippen LogP contribution >= 0.6 is 7.82 Å². The Morgan fingerprint density at radius 1 is 1.64 bits per heavy atom. The highest BCUT2D eigenvalue weighted by Crippen LogP contribution is 2.35. The van der Waals surface area contributed by atoms with Crippen LogP contribution in [0.5, 0.6) is 0 Å². The molecule has 66 valence electrons. The third-order valence-electron chi connectivity index (χ3n) is 1.25. The molecule has 0 aromatic rings. The average Bonchev–Trinajstić information content (AvgIpc) is 1.77. The van der Waals surface area contributed by atoms with Gasteiger partial charge in [-0.15, -0.1) is 0 Å². The molecule has 0 unspecified atom stereocenters. The first-order valence-corrected chi connectivity index (χ1v) is 4.53. The van der Waals surface area contributed by atoms with Crippen molar-refractivity contribution < 1.29 is 23.7 Å². The van der Waals surface area contributed by atoms with Gasteiger partial charge in [-0.2, -0.15) is 10.1 Å². The topological polar surface area (TPSA) is 88.0 Å². The predicted molar refractivity (Wildman–Crippen MR) is 35.5 cm³/mol. The summed E-state index contributed by atoms with van der Waals surface area (Å²) in [5, 5.41) is 0. The van der Waals surface area contributed by atoms with Gasteiger partial charge in [-0.05, 0) is 6.92 Å². The van der Waals surface area contributed by atoms with E-state index in [9.17, 15) is 4.57 Å². The molecule has 3 N–H and O–H groups in total. The van der Waals surface area contributed by atoms with Crippen molar-refractivity contribution in [3.05, 3.63) is 0 Å². The summed E-state index contributed by atoms with van der Waals surface area (Å²) in [6, 6.07) is 0. The number of nitrogens with one attached hydrogen (secondary N) is 1. The maximum absolute atomic E-state index is 10.2. The van der Waals surface area contributed by atoms with Crippen molar-refractivity contribution in [2.45, 2.75) is 12.5 Å². The zero-order valence-corrected chi connectivity index (χ0v) is 6.88. The first-order chi connectivity index (χ1) is 4.91. The van der Waals surface area contributed by atoms with Crippen molar-refractivity contribution in [3.63, 3.8) is 0 Å². The normalized spacial score (nSPS) is 22.8. The van der Waals surface area contributed by atoms with Crippen molar-refractivity contribution in [1.29, 1.82) is 0 Å². The number of rotatable bonds is 3. The Morgan fingerprint density at radius 3 is 2.45 bits per heavy atom. The van der Waals surface area contributed by atoms with Gasteiger partial charge in [0, 0.05) is 0 Å². The van der Waals surface area contributed by atoms with Crippen molar-refractivity contribution in [2.24, 2.45) is 0 Å². The first-order valence-electron chi connectivity index (χ1n) is 3.00. The summed E-state index contributed by atoms with van der Waals surface area (Å²) < 4.78 is 19.1. The van der Waals surface area contributed by atoms with Gasteiger partial charge in [0.05, 0.1) is 18.8 Å². The zero-order valence-electron chi connectivity index (χ0n) is 5.98. The lowest BCUT2D eigenvalue weighted by molar-refractivity contribution is -0.114. The first kappa shape index (κ1) is 9.12. The summed E-state index contributed by atoms with van der Waals surface area (Å²) in [7, 11) is -4.41. The Bertz CT molecular complexity index is 185. The average molecular weight is 183 g/mol. The molecule has 11 heavy (non-hydrogen) atoms. The highest BCUT2D eigenvalue weighted by Gasteiger charge is 2.35. The second kappa shape index (κ2) is 2.82. The van der Waals surface area contributed by atoms with Gasteiger partial charge in [0.2, 0.25) is 0 Å². The van der Waals surface area contributed by atoms with E-state index in [0.29, 0.717) is 13.2 Å². The number of phosphoric acid groups is 1. The van der Waals surface area contributed by atoms with E-state index in [-0.39, 0.29) is 0 Å². The molecular formula is C4H10NO5P. The minimum atomic E-state index is -4.41. The Kier molecular flexibility index (Phi) is 2.34. The van der Waals surface area contributed by atoms with Crippen molar-refractivity contribution in [2.75, 3.05) is 13.2 Å². The third-order valence-corrected chi connectivity index (χ3v) is 1.58. The quantitative estimate of drug-likeness (QED) is 0.399. The summed E-state index contributed by atoms with van der Waals surface area (Å²) in [4.78, 5) is 16.6. The molecular weight excluding hydrogens is 173 g/mol. The largest absolute Gasteiger partial charge is 0.486 e. The van der Waals surface area contributed by atoms with E-state index < -0.39 is 13.4 Å². The second-order valence-electron chi connectivity index (χ2n) is 2.74. The van der Waals surface area contributed by atoms with E-state index in [0.717, 1.165) is 0 Å². The Labute approximate surface area is 63.7 Å². The molecule has 1 aliphatic rings. The molecule has 0 aromatic heterocycles. The molecule has 1 aliphatic heterocycles. The van der Waals surface area contributed by atoms with Crippen LogP contribution in [-0.2, 0) is 13.9 Å². The fraction of sp³-hybridized carbons (Fsp3) is 1.00. The lowest BCUT2D eigenvalue weighted by Crippen LogP contribution is -2.57. The van der Waals surface area contributed by atoms with Gasteiger partial charge in [-0.25, -0.2) is 4.57 Å². The van der Waals surface area contributed by atoms with Gasteiger partial charge in [0.1, 0.15) is 0 Å². The molecule has 6 nitrogen and oxygen atoms in total. The smallest absolute Gasteiger partial charge is 0.377 e. The number of ether oxygens (including phenoxy) is 1. The predicted octanol–water partition coefficient (Wildman–Crippen LogP) is -0.611. The summed E-state index contributed by atoms with van der Waals surface area (Å²) in [6.45, 7) is 2.53. The van der Waals surface area contributed by atoms with Crippen molar-refractivity contribution in [1.82, 2.24) is 5.48 Å². The monoisotopic (exact) mass is 183 g/mol. The summed E-state index contributed by atoms with van der Waals surface area (Å²) in [5.41, 5.74) is 1.79. The zero-order chi connectivity index (χ0) is 8.54. The third kappa shape index (κ3) is 2.86. The standard InChI is InChI=1S/C4H10NO5P/c1-4(2-9-3-4)5-10-11(6,7)8/h5H,2-3H2,1H3,(H2,6,7,8). The van der Waals surface area contributed by atoms with Crippen LogP contribution in [0, 0.1) is 0 Å². The molecule has 0 amide bonds. The van der Waals surface area contributed by atoms with Crippen LogP contribution in [0.2, 0.25) is 0 Å². The molecule has 1 heterocycles. The maximum Gasteiger partial charge on any atom is 0.486 e. The molecule has 0 atom stereocenters. The van der Waals surface area contributed by atoms with Gasteiger partial charge in [-0.3, -0.25) is 0 Å². The van der Waals surface area contributed by atoms with Crippen molar-refractivity contribution in [3.8, 4) is 0 Å². The lowest BCUT2D eigenvalue weighted by atomic mass is 10.0. The fourth-order valence-corrected chi connectivity index (χ4v) is 0.976. The summed E-state index contributed by atoms with van der Waals surface area (Å²) in [5.74, 6) is 0.